The maximum absolute atomic E-state index is 4.49. The number of nitrogens with zero attached hydrogens (tertiary/aromatic N) is 5. The largest absolute Gasteiger partial charge is 0.320 e. The Labute approximate surface area is 113 Å². The molecule has 0 aliphatic rings. The Bertz CT molecular complexity index is 546. The zero-order chi connectivity index (χ0) is 13.8. The molecule has 0 fully saturated rings. The second kappa shape index (κ2) is 5.77. The van der Waals surface area contributed by atoms with Crippen molar-refractivity contribution in [1.29, 1.82) is 0 Å². The summed E-state index contributed by atoms with van der Waals surface area (Å²) in [6.45, 7) is 8.30. The van der Waals surface area contributed by atoms with Crippen LogP contribution in [0.5, 0.6) is 0 Å². The van der Waals surface area contributed by atoms with E-state index in [-0.39, 0.29) is 0 Å². The van der Waals surface area contributed by atoms with Gasteiger partial charge in [-0.05, 0) is 26.7 Å². The molecule has 0 saturated carbocycles. The Morgan fingerprint density at radius 2 is 1.89 bits per heavy atom. The maximum Gasteiger partial charge on any atom is 0.247 e. The minimum Gasteiger partial charge on any atom is -0.320 e. The van der Waals surface area contributed by atoms with Gasteiger partial charge in [-0.1, -0.05) is 13.8 Å². The van der Waals surface area contributed by atoms with Gasteiger partial charge in [-0.3, -0.25) is 4.68 Å². The average molecular weight is 260 g/mol. The van der Waals surface area contributed by atoms with Gasteiger partial charge in [-0.2, -0.15) is 5.10 Å². The number of anilines is 2. The zero-order valence-electron chi connectivity index (χ0n) is 11.9. The Hall–Kier alpha value is -1.98. The molecule has 0 amide bonds. The second-order valence-corrected chi connectivity index (χ2v) is 4.66. The van der Waals surface area contributed by atoms with Crippen molar-refractivity contribution >= 4 is 11.6 Å². The van der Waals surface area contributed by atoms with E-state index in [9.17, 15) is 0 Å². The van der Waals surface area contributed by atoms with Crippen LogP contribution >= 0.6 is 0 Å². The molecule has 0 radical (unpaired) electrons. The van der Waals surface area contributed by atoms with Crippen molar-refractivity contribution in [1.82, 2.24) is 25.0 Å². The van der Waals surface area contributed by atoms with E-state index in [0.717, 1.165) is 29.9 Å². The monoisotopic (exact) mass is 260 g/mol. The lowest BCUT2D eigenvalue weighted by Gasteiger charge is -2.06. The van der Waals surface area contributed by atoms with E-state index in [1.165, 1.54) is 0 Å². The minimum atomic E-state index is 0.336. The highest BCUT2D eigenvalue weighted by atomic mass is 15.3. The van der Waals surface area contributed by atoms with Gasteiger partial charge < -0.3 is 5.32 Å². The Kier molecular flexibility index (Phi) is 4.09. The number of rotatable bonds is 5. The predicted molar refractivity (Wildman–Crippen MR) is 74.5 cm³/mol. The maximum atomic E-state index is 4.49. The van der Waals surface area contributed by atoms with Crippen molar-refractivity contribution in [3.05, 3.63) is 23.8 Å². The molecule has 0 saturated heterocycles. The van der Waals surface area contributed by atoms with Crippen LogP contribution < -0.4 is 5.32 Å². The highest BCUT2D eigenvalue weighted by Crippen LogP contribution is 2.15. The number of hydrogen-bond acceptors (Lipinski definition) is 5. The van der Waals surface area contributed by atoms with Crippen LogP contribution in [0.3, 0.4) is 0 Å². The summed E-state index contributed by atoms with van der Waals surface area (Å²) in [6.07, 6.45) is 5.42. The molecular formula is C13H20N6. The van der Waals surface area contributed by atoms with Crippen LogP contribution in [0, 0.1) is 0 Å². The van der Waals surface area contributed by atoms with E-state index in [1.807, 2.05) is 10.9 Å². The molecule has 0 spiro atoms. The fourth-order valence-electron chi connectivity index (χ4n) is 1.81. The van der Waals surface area contributed by atoms with Gasteiger partial charge in [0.15, 0.2) is 0 Å². The average Bonchev–Trinajstić information content (AvgIpc) is 2.87. The quantitative estimate of drug-likeness (QED) is 0.894. The van der Waals surface area contributed by atoms with Crippen molar-refractivity contribution in [2.75, 3.05) is 5.32 Å². The molecule has 19 heavy (non-hydrogen) atoms. The number of hydrogen-bond donors (Lipinski definition) is 1. The van der Waals surface area contributed by atoms with Crippen molar-refractivity contribution in [3.8, 4) is 0 Å². The third kappa shape index (κ3) is 3.07. The number of nitrogens with one attached hydrogen (secondary N) is 1. The fourth-order valence-corrected chi connectivity index (χ4v) is 1.81. The molecule has 2 aromatic rings. The molecule has 2 aromatic heterocycles. The van der Waals surface area contributed by atoms with E-state index >= 15 is 0 Å². The summed E-state index contributed by atoms with van der Waals surface area (Å²) in [4.78, 5) is 4.49. The first-order valence-electron chi connectivity index (χ1n) is 6.67. The Balaban J connectivity index is 2.18. The van der Waals surface area contributed by atoms with Crippen LogP contribution in [-0.2, 0) is 12.8 Å². The molecule has 2 heterocycles. The van der Waals surface area contributed by atoms with E-state index in [0.29, 0.717) is 12.0 Å². The van der Waals surface area contributed by atoms with E-state index in [2.05, 4.69) is 53.3 Å². The van der Waals surface area contributed by atoms with Gasteiger partial charge in [-0.25, -0.2) is 4.98 Å². The van der Waals surface area contributed by atoms with Crippen LogP contribution in [0.15, 0.2) is 12.4 Å². The number of aromatic nitrogens is 5. The summed E-state index contributed by atoms with van der Waals surface area (Å²) in [5.41, 5.74) is 2.84. The molecule has 0 bridgehead atoms. The number of aryl methyl sites for hydroxylation is 2. The minimum absolute atomic E-state index is 0.336. The molecule has 0 unspecified atom stereocenters. The summed E-state index contributed by atoms with van der Waals surface area (Å²) >= 11 is 0. The molecule has 6 nitrogen and oxygen atoms in total. The lowest BCUT2D eigenvalue weighted by molar-refractivity contribution is 0.532. The van der Waals surface area contributed by atoms with Gasteiger partial charge in [-0.15, -0.1) is 10.2 Å². The van der Waals surface area contributed by atoms with E-state index in [1.54, 1.807) is 6.20 Å². The fraction of sp³-hybridized carbons (Fsp3) is 0.538. The van der Waals surface area contributed by atoms with Crippen LogP contribution in [0.4, 0.5) is 11.6 Å². The highest BCUT2D eigenvalue weighted by molar-refractivity contribution is 5.50. The Morgan fingerprint density at radius 1 is 1.16 bits per heavy atom. The molecule has 0 aliphatic carbocycles. The van der Waals surface area contributed by atoms with Gasteiger partial charge in [0.1, 0.15) is 0 Å². The van der Waals surface area contributed by atoms with Crippen LogP contribution in [0.2, 0.25) is 0 Å². The SMILES string of the molecule is CCc1nnc(Nc2cnn(C(C)C)c2)nc1CC. The van der Waals surface area contributed by atoms with Crippen molar-refractivity contribution in [3.63, 3.8) is 0 Å². The van der Waals surface area contributed by atoms with Crippen LogP contribution in [0.1, 0.15) is 45.1 Å². The summed E-state index contributed by atoms with van der Waals surface area (Å²) in [5, 5.41) is 15.7. The van der Waals surface area contributed by atoms with Crippen molar-refractivity contribution in [2.24, 2.45) is 0 Å². The van der Waals surface area contributed by atoms with Crippen LogP contribution in [0.25, 0.3) is 0 Å². The lowest BCUT2D eigenvalue weighted by Crippen LogP contribution is -2.06. The molecule has 102 valence electrons. The van der Waals surface area contributed by atoms with Gasteiger partial charge in [0.25, 0.3) is 0 Å². The molecule has 0 aromatic carbocycles. The van der Waals surface area contributed by atoms with Crippen molar-refractivity contribution < 1.29 is 0 Å². The molecule has 2 rings (SSSR count). The van der Waals surface area contributed by atoms with Crippen molar-refractivity contribution in [2.45, 2.75) is 46.6 Å². The van der Waals surface area contributed by atoms with E-state index in [4.69, 9.17) is 0 Å². The highest BCUT2D eigenvalue weighted by Gasteiger charge is 2.07. The standard InChI is InChI=1S/C13H20N6/c1-5-11-12(6-2)17-18-13(16-11)15-10-7-14-19(8-10)9(3)4/h7-9H,5-6H2,1-4H3,(H,15,16,18). The summed E-state index contributed by atoms with van der Waals surface area (Å²) in [6, 6.07) is 0.336. The first-order chi connectivity index (χ1) is 9.13. The van der Waals surface area contributed by atoms with E-state index < -0.39 is 0 Å². The smallest absolute Gasteiger partial charge is 0.247 e. The van der Waals surface area contributed by atoms with Gasteiger partial charge in [0, 0.05) is 12.2 Å². The molecule has 0 aliphatic heterocycles. The van der Waals surface area contributed by atoms with Gasteiger partial charge in [0.05, 0.1) is 23.3 Å². The summed E-state index contributed by atoms with van der Waals surface area (Å²) in [7, 11) is 0. The van der Waals surface area contributed by atoms with Gasteiger partial charge >= 0.3 is 0 Å². The lowest BCUT2D eigenvalue weighted by atomic mass is 10.2. The third-order valence-electron chi connectivity index (χ3n) is 2.90. The predicted octanol–water partition coefficient (Wildman–Crippen LogP) is 2.52. The molecular weight excluding hydrogens is 240 g/mol. The molecule has 0 atom stereocenters. The Morgan fingerprint density at radius 3 is 2.47 bits per heavy atom. The molecule has 6 heteroatoms. The normalized spacial score (nSPS) is 11.0. The van der Waals surface area contributed by atoms with Crippen LogP contribution in [-0.4, -0.2) is 25.0 Å². The van der Waals surface area contributed by atoms with Gasteiger partial charge in [0.2, 0.25) is 5.95 Å². The first-order valence-corrected chi connectivity index (χ1v) is 6.67. The third-order valence-corrected chi connectivity index (χ3v) is 2.90. The topological polar surface area (TPSA) is 68.5 Å². The summed E-state index contributed by atoms with van der Waals surface area (Å²) < 4.78 is 1.89. The first kappa shape index (κ1) is 13.5. The second-order valence-electron chi connectivity index (χ2n) is 4.66. The summed E-state index contributed by atoms with van der Waals surface area (Å²) in [5.74, 6) is 0.525. The zero-order valence-corrected chi connectivity index (χ0v) is 11.9. The molecule has 1 N–H and O–H groups in total.